The highest BCUT2D eigenvalue weighted by atomic mass is 16.3. The van der Waals surface area contributed by atoms with Crippen molar-refractivity contribution in [3.63, 3.8) is 0 Å². The van der Waals surface area contributed by atoms with Gasteiger partial charge in [0, 0.05) is 13.0 Å². The molecule has 0 fully saturated rings. The SMILES string of the molecule is CC(C)CC#CCO.CC(C)[C@@H](C)C[C@H](C)O.CCCC(C)(CO)CC(C)C. The van der Waals surface area contributed by atoms with Crippen molar-refractivity contribution in [2.75, 3.05) is 13.2 Å². The minimum atomic E-state index is -0.137. The molecule has 0 bridgehead atoms. The summed E-state index contributed by atoms with van der Waals surface area (Å²) in [4.78, 5) is 0. The molecule has 170 valence electrons. The first-order valence-electron chi connectivity index (χ1n) is 11.2. The fourth-order valence-corrected chi connectivity index (χ4v) is 2.98. The van der Waals surface area contributed by atoms with Gasteiger partial charge in [0.15, 0.2) is 0 Å². The zero-order valence-electron chi connectivity index (χ0n) is 20.7. The van der Waals surface area contributed by atoms with Gasteiger partial charge in [-0.1, -0.05) is 74.7 Å². The summed E-state index contributed by atoms with van der Waals surface area (Å²) >= 11 is 0. The number of aliphatic hydroxyl groups is 3. The van der Waals surface area contributed by atoms with E-state index < -0.39 is 0 Å². The van der Waals surface area contributed by atoms with Crippen LogP contribution in [-0.4, -0.2) is 34.6 Å². The Kier molecular flexibility index (Phi) is 22.6. The Morgan fingerprint density at radius 3 is 1.64 bits per heavy atom. The maximum Gasteiger partial charge on any atom is 0.104 e. The molecule has 28 heavy (non-hydrogen) atoms. The van der Waals surface area contributed by atoms with Crippen molar-refractivity contribution in [1.29, 1.82) is 0 Å². The largest absolute Gasteiger partial charge is 0.396 e. The Balaban J connectivity index is -0.000000340. The lowest BCUT2D eigenvalue weighted by Crippen LogP contribution is -2.23. The van der Waals surface area contributed by atoms with Gasteiger partial charge < -0.3 is 15.3 Å². The van der Waals surface area contributed by atoms with E-state index in [0.717, 1.165) is 25.7 Å². The second kappa shape index (κ2) is 19.7. The fourth-order valence-electron chi connectivity index (χ4n) is 2.98. The molecule has 1 unspecified atom stereocenters. The van der Waals surface area contributed by atoms with Gasteiger partial charge in [-0.25, -0.2) is 0 Å². The standard InChI is InChI=1S/C10H22O.C8H18O.C7H12O/c1-5-6-10(4,8-11)7-9(2)3;1-6(2)7(3)5-8(4)9;1-7(2)5-3-4-6-8/h9,11H,5-8H2,1-4H3;6-9H,5H2,1-4H3;7-8H,5-6H2,1-2H3/t;7-,8-;/m.0./s1. The zero-order chi connectivity index (χ0) is 22.8. The number of hydrogen-bond donors (Lipinski definition) is 3. The lowest BCUT2D eigenvalue weighted by molar-refractivity contribution is 0.108. The van der Waals surface area contributed by atoms with Crippen molar-refractivity contribution < 1.29 is 15.3 Å². The lowest BCUT2D eigenvalue weighted by atomic mass is 9.79. The fraction of sp³-hybridized carbons (Fsp3) is 0.920. The summed E-state index contributed by atoms with van der Waals surface area (Å²) in [6.45, 7) is 21.7. The predicted octanol–water partition coefficient (Wildman–Crippen LogP) is 5.91. The van der Waals surface area contributed by atoms with Crippen LogP contribution in [0.5, 0.6) is 0 Å². The molecular weight excluding hydrogens is 348 g/mol. The van der Waals surface area contributed by atoms with Crippen molar-refractivity contribution in [2.24, 2.45) is 29.1 Å². The van der Waals surface area contributed by atoms with Gasteiger partial charge in [0.2, 0.25) is 0 Å². The molecule has 0 saturated heterocycles. The first-order chi connectivity index (χ1) is 12.8. The molecule has 3 atom stereocenters. The third-order valence-corrected chi connectivity index (χ3v) is 4.70. The molecule has 0 saturated carbocycles. The highest BCUT2D eigenvalue weighted by Gasteiger charge is 2.22. The topological polar surface area (TPSA) is 60.7 Å². The maximum atomic E-state index is 9.17. The molecule has 0 radical (unpaired) electrons. The number of hydrogen-bond acceptors (Lipinski definition) is 3. The summed E-state index contributed by atoms with van der Waals surface area (Å²) in [5, 5.41) is 26.3. The van der Waals surface area contributed by atoms with E-state index in [2.05, 4.69) is 74.2 Å². The van der Waals surface area contributed by atoms with E-state index in [-0.39, 0.29) is 18.1 Å². The Labute approximate surface area is 177 Å². The van der Waals surface area contributed by atoms with E-state index in [0.29, 0.717) is 30.3 Å². The molecule has 3 nitrogen and oxygen atoms in total. The molecule has 3 N–H and O–H groups in total. The molecular formula is C25H52O3. The van der Waals surface area contributed by atoms with E-state index >= 15 is 0 Å². The van der Waals surface area contributed by atoms with Gasteiger partial charge in [-0.2, -0.15) is 0 Å². The summed E-state index contributed by atoms with van der Waals surface area (Å²) in [6.07, 6.45) is 5.13. The van der Waals surface area contributed by atoms with Gasteiger partial charge in [-0.3, -0.25) is 0 Å². The summed E-state index contributed by atoms with van der Waals surface area (Å²) in [6, 6.07) is 0. The van der Waals surface area contributed by atoms with Gasteiger partial charge in [0.05, 0.1) is 6.10 Å². The molecule has 3 heteroatoms. The zero-order valence-corrected chi connectivity index (χ0v) is 20.7. The van der Waals surface area contributed by atoms with Crippen LogP contribution in [-0.2, 0) is 0 Å². The molecule has 0 aromatic carbocycles. The van der Waals surface area contributed by atoms with Crippen molar-refractivity contribution >= 4 is 0 Å². The van der Waals surface area contributed by atoms with Crippen LogP contribution in [0.15, 0.2) is 0 Å². The van der Waals surface area contributed by atoms with Gasteiger partial charge in [0.25, 0.3) is 0 Å². The third-order valence-electron chi connectivity index (χ3n) is 4.70. The van der Waals surface area contributed by atoms with E-state index in [1.165, 1.54) is 6.42 Å². The average molecular weight is 401 g/mol. The van der Waals surface area contributed by atoms with Crippen molar-refractivity contribution in [3.8, 4) is 11.8 Å². The van der Waals surface area contributed by atoms with Gasteiger partial charge >= 0.3 is 0 Å². The van der Waals surface area contributed by atoms with Crippen molar-refractivity contribution in [3.05, 3.63) is 0 Å². The van der Waals surface area contributed by atoms with Crippen LogP contribution < -0.4 is 0 Å². The first-order valence-corrected chi connectivity index (χ1v) is 11.2. The van der Waals surface area contributed by atoms with Crippen LogP contribution in [0.2, 0.25) is 0 Å². The molecule has 0 heterocycles. The van der Waals surface area contributed by atoms with Crippen LogP contribution >= 0.6 is 0 Å². The first kappa shape index (κ1) is 32.1. The van der Waals surface area contributed by atoms with E-state index in [1.54, 1.807) is 0 Å². The van der Waals surface area contributed by atoms with E-state index in [4.69, 9.17) is 15.3 Å². The monoisotopic (exact) mass is 400 g/mol. The van der Waals surface area contributed by atoms with Crippen molar-refractivity contribution in [1.82, 2.24) is 0 Å². The third kappa shape index (κ3) is 25.4. The molecule has 0 aromatic heterocycles. The maximum absolute atomic E-state index is 9.17. The number of rotatable bonds is 9. The summed E-state index contributed by atoms with van der Waals surface area (Å²) in [7, 11) is 0. The van der Waals surface area contributed by atoms with Crippen LogP contribution in [0.25, 0.3) is 0 Å². The normalized spacial score (nSPS) is 14.9. The molecule has 0 spiro atoms. The quantitative estimate of drug-likeness (QED) is 0.422. The highest BCUT2D eigenvalue weighted by Crippen LogP contribution is 2.30. The van der Waals surface area contributed by atoms with Gasteiger partial charge in [-0.05, 0) is 55.3 Å². The second-order valence-corrected chi connectivity index (χ2v) is 9.73. The molecule has 0 amide bonds. The molecule has 0 aliphatic rings. The Morgan fingerprint density at radius 2 is 1.39 bits per heavy atom. The van der Waals surface area contributed by atoms with Crippen LogP contribution in [0, 0.1) is 40.9 Å². The summed E-state index contributed by atoms with van der Waals surface area (Å²) < 4.78 is 0. The minimum absolute atomic E-state index is 0.00722. The van der Waals surface area contributed by atoms with E-state index in [1.807, 2.05) is 6.92 Å². The van der Waals surface area contributed by atoms with Gasteiger partial charge in [-0.15, -0.1) is 5.92 Å². The average Bonchev–Trinajstić information content (AvgIpc) is 2.55. The lowest BCUT2D eigenvalue weighted by Gasteiger charge is -2.28. The summed E-state index contributed by atoms with van der Waals surface area (Å²) in [5.41, 5.74) is 0.170. The van der Waals surface area contributed by atoms with Crippen LogP contribution in [0.3, 0.4) is 0 Å². The smallest absolute Gasteiger partial charge is 0.104 e. The van der Waals surface area contributed by atoms with Crippen LogP contribution in [0.1, 0.15) is 101 Å². The Morgan fingerprint density at radius 1 is 0.857 bits per heavy atom. The highest BCUT2D eigenvalue weighted by molar-refractivity contribution is 4.98. The Bertz CT molecular complexity index is 377. The van der Waals surface area contributed by atoms with Crippen LogP contribution in [0.4, 0.5) is 0 Å². The second-order valence-electron chi connectivity index (χ2n) is 9.73. The molecule has 0 aromatic rings. The number of aliphatic hydroxyl groups excluding tert-OH is 3. The molecule has 0 aliphatic carbocycles. The van der Waals surface area contributed by atoms with Crippen molar-refractivity contribution in [2.45, 2.75) is 107 Å². The molecule has 0 rings (SSSR count). The summed E-state index contributed by atoms with van der Waals surface area (Å²) in [5.74, 6) is 8.07. The van der Waals surface area contributed by atoms with E-state index in [9.17, 15) is 0 Å². The minimum Gasteiger partial charge on any atom is -0.396 e. The van der Waals surface area contributed by atoms with Gasteiger partial charge in [0.1, 0.15) is 6.61 Å². The molecule has 0 aliphatic heterocycles. The Hall–Kier alpha value is -0.560. The predicted molar refractivity (Wildman–Crippen MR) is 124 cm³/mol.